The number of carbonyl (C=O) groups is 1. The average Bonchev–Trinajstić information content (AvgIpc) is 3.23. The second-order valence-electron chi connectivity index (χ2n) is 6.41. The summed E-state index contributed by atoms with van der Waals surface area (Å²) in [5.41, 5.74) is 1.47. The van der Waals surface area contributed by atoms with Crippen LogP contribution in [-0.2, 0) is 17.6 Å². The first-order valence-corrected chi connectivity index (χ1v) is 9.32. The molecule has 3 rings (SSSR count). The minimum absolute atomic E-state index is 0.224. The maximum atomic E-state index is 12.5. The Kier molecular flexibility index (Phi) is 6.91. The van der Waals surface area contributed by atoms with E-state index in [0.29, 0.717) is 10.6 Å². The SMILES string of the molecule is CC(C=NOCc1ccc(Cl)cc1)NC(=O)c1ccc(-c2noc(C(F)(F)F)n2)cc1. The van der Waals surface area contributed by atoms with Gasteiger partial charge in [0, 0.05) is 16.1 Å². The van der Waals surface area contributed by atoms with Crippen LogP contribution >= 0.6 is 11.6 Å². The lowest BCUT2D eigenvalue weighted by atomic mass is 10.1. The summed E-state index contributed by atoms with van der Waals surface area (Å²) in [4.78, 5) is 20.8. The van der Waals surface area contributed by atoms with Crippen molar-refractivity contribution in [1.82, 2.24) is 15.5 Å². The second-order valence-corrected chi connectivity index (χ2v) is 6.85. The zero-order valence-corrected chi connectivity index (χ0v) is 16.8. The van der Waals surface area contributed by atoms with Crippen LogP contribution in [0, 0.1) is 0 Å². The number of alkyl halides is 3. The predicted molar refractivity (Wildman–Crippen MR) is 106 cm³/mol. The summed E-state index contributed by atoms with van der Waals surface area (Å²) in [5.74, 6) is -2.05. The first kappa shape index (κ1) is 22.3. The topological polar surface area (TPSA) is 89.6 Å². The predicted octanol–water partition coefficient (Wildman–Crippen LogP) is 4.73. The average molecular weight is 453 g/mol. The molecule has 0 aliphatic rings. The van der Waals surface area contributed by atoms with Crippen molar-refractivity contribution in [2.75, 3.05) is 0 Å². The Morgan fingerprint density at radius 1 is 1.23 bits per heavy atom. The van der Waals surface area contributed by atoms with Crippen molar-refractivity contribution < 1.29 is 27.3 Å². The lowest BCUT2D eigenvalue weighted by molar-refractivity contribution is -0.159. The third-order valence-electron chi connectivity index (χ3n) is 3.94. The van der Waals surface area contributed by atoms with Gasteiger partial charge >= 0.3 is 12.1 Å². The standard InChI is InChI=1S/C20H16ClF3N4O3/c1-12(10-25-30-11-13-2-8-16(21)9-3-13)26-18(29)15-6-4-14(5-7-15)17-27-19(31-28-17)20(22,23)24/h2-10,12H,11H2,1H3,(H,26,29). The van der Waals surface area contributed by atoms with Gasteiger partial charge in [-0.3, -0.25) is 4.79 Å². The van der Waals surface area contributed by atoms with E-state index in [-0.39, 0.29) is 18.0 Å². The number of hydrogen-bond acceptors (Lipinski definition) is 6. The van der Waals surface area contributed by atoms with E-state index in [0.717, 1.165) is 5.56 Å². The summed E-state index contributed by atoms with van der Waals surface area (Å²) in [6.45, 7) is 1.96. The molecule has 1 heterocycles. The van der Waals surface area contributed by atoms with Crippen molar-refractivity contribution in [3.8, 4) is 11.4 Å². The highest BCUT2D eigenvalue weighted by Gasteiger charge is 2.38. The molecule has 3 aromatic rings. The van der Waals surface area contributed by atoms with Gasteiger partial charge in [-0.25, -0.2) is 0 Å². The van der Waals surface area contributed by atoms with E-state index in [2.05, 4.69) is 25.1 Å². The normalized spacial score (nSPS) is 12.7. The molecule has 11 heteroatoms. The summed E-state index contributed by atoms with van der Waals surface area (Å²) < 4.78 is 41.8. The van der Waals surface area contributed by atoms with Gasteiger partial charge in [-0.05, 0) is 36.8 Å². The van der Waals surface area contributed by atoms with Gasteiger partial charge in [0.2, 0.25) is 5.82 Å². The van der Waals surface area contributed by atoms with Crippen LogP contribution < -0.4 is 5.32 Å². The molecule has 7 nitrogen and oxygen atoms in total. The van der Waals surface area contributed by atoms with Gasteiger partial charge in [-0.1, -0.05) is 46.2 Å². The monoisotopic (exact) mass is 452 g/mol. The van der Waals surface area contributed by atoms with Crippen molar-refractivity contribution >= 4 is 23.7 Å². The molecule has 162 valence electrons. The molecule has 1 aromatic heterocycles. The van der Waals surface area contributed by atoms with E-state index in [4.69, 9.17) is 16.4 Å². The second kappa shape index (κ2) is 9.61. The van der Waals surface area contributed by atoms with Crippen LogP contribution in [0.3, 0.4) is 0 Å². The minimum Gasteiger partial charge on any atom is -0.391 e. The Bertz CT molecular complexity index is 1050. The van der Waals surface area contributed by atoms with Crippen LogP contribution in [0.2, 0.25) is 5.02 Å². The number of oxime groups is 1. The number of halogens is 4. The molecule has 1 amide bonds. The molecule has 31 heavy (non-hydrogen) atoms. The van der Waals surface area contributed by atoms with E-state index < -0.39 is 24.0 Å². The third-order valence-corrected chi connectivity index (χ3v) is 4.19. The molecule has 0 saturated carbocycles. The molecule has 1 N–H and O–H groups in total. The van der Waals surface area contributed by atoms with E-state index in [9.17, 15) is 18.0 Å². The van der Waals surface area contributed by atoms with Crippen LogP contribution in [0.1, 0.15) is 28.7 Å². The summed E-state index contributed by atoms with van der Waals surface area (Å²) in [7, 11) is 0. The number of carbonyl (C=O) groups excluding carboxylic acids is 1. The van der Waals surface area contributed by atoms with Crippen LogP contribution in [0.5, 0.6) is 0 Å². The van der Waals surface area contributed by atoms with Crippen LogP contribution in [0.25, 0.3) is 11.4 Å². The molecule has 0 aliphatic heterocycles. The molecule has 0 aliphatic carbocycles. The third kappa shape index (κ3) is 6.29. The Morgan fingerprint density at radius 2 is 1.90 bits per heavy atom. The smallest absolute Gasteiger partial charge is 0.391 e. The van der Waals surface area contributed by atoms with Crippen LogP contribution in [0.15, 0.2) is 58.2 Å². The first-order valence-electron chi connectivity index (χ1n) is 8.94. The van der Waals surface area contributed by atoms with Gasteiger partial charge in [0.25, 0.3) is 5.91 Å². The van der Waals surface area contributed by atoms with Crippen molar-refractivity contribution in [2.24, 2.45) is 5.16 Å². The van der Waals surface area contributed by atoms with Gasteiger partial charge in [0.05, 0.1) is 12.3 Å². The molecule has 0 spiro atoms. The fourth-order valence-electron chi connectivity index (χ4n) is 2.38. The number of hydrogen-bond donors (Lipinski definition) is 1. The maximum absolute atomic E-state index is 12.5. The number of nitrogens with one attached hydrogen (secondary N) is 1. The van der Waals surface area contributed by atoms with E-state index >= 15 is 0 Å². The Balaban J connectivity index is 1.51. The first-order chi connectivity index (χ1) is 14.7. The van der Waals surface area contributed by atoms with Gasteiger partial charge in [0.1, 0.15) is 6.61 Å². The van der Waals surface area contributed by atoms with E-state index in [1.54, 1.807) is 19.1 Å². The molecule has 1 atom stereocenters. The van der Waals surface area contributed by atoms with Crippen molar-refractivity contribution in [2.45, 2.75) is 25.7 Å². The summed E-state index contributed by atoms with van der Waals surface area (Å²) in [6, 6.07) is 12.4. The summed E-state index contributed by atoms with van der Waals surface area (Å²) >= 11 is 5.81. The van der Waals surface area contributed by atoms with E-state index in [1.807, 2.05) is 12.1 Å². The van der Waals surface area contributed by atoms with Crippen LogP contribution in [0.4, 0.5) is 13.2 Å². The number of rotatable bonds is 7. The Labute approximate surface area is 179 Å². The van der Waals surface area contributed by atoms with Crippen LogP contribution in [-0.4, -0.2) is 28.3 Å². The fraction of sp³-hybridized carbons (Fsp3) is 0.200. The molecular weight excluding hydrogens is 437 g/mol. The Hall–Kier alpha value is -3.40. The number of aromatic nitrogens is 2. The minimum atomic E-state index is -4.72. The lowest BCUT2D eigenvalue weighted by Gasteiger charge is -2.09. The number of nitrogens with zero attached hydrogens (tertiary/aromatic N) is 3. The van der Waals surface area contributed by atoms with Gasteiger partial charge in [0.15, 0.2) is 0 Å². The summed E-state index contributed by atoms with van der Waals surface area (Å²) in [6.07, 6.45) is -3.29. The highest BCUT2D eigenvalue weighted by atomic mass is 35.5. The summed E-state index contributed by atoms with van der Waals surface area (Å²) in [5, 5.41) is 10.4. The van der Waals surface area contributed by atoms with E-state index in [1.165, 1.54) is 30.5 Å². The number of benzene rings is 2. The molecule has 0 fully saturated rings. The Morgan fingerprint density at radius 3 is 2.52 bits per heavy atom. The van der Waals surface area contributed by atoms with Gasteiger partial charge in [-0.2, -0.15) is 18.2 Å². The zero-order valence-electron chi connectivity index (χ0n) is 16.1. The molecule has 2 aromatic carbocycles. The molecule has 0 radical (unpaired) electrons. The zero-order chi connectivity index (χ0) is 22.4. The highest BCUT2D eigenvalue weighted by Crippen LogP contribution is 2.29. The van der Waals surface area contributed by atoms with Gasteiger partial charge in [-0.15, -0.1) is 0 Å². The molecular formula is C20H16ClF3N4O3. The quantitative estimate of drug-likeness (QED) is 0.413. The van der Waals surface area contributed by atoms with Crippen molar-refractivity contribution in [3.63, 3.8) is 0 Å². The molecule has 0 bridgehead atoms. The maximum Gasteiger partial charge on any atom is 0.471 e. The largest absolute Gasteiger partial charge is 0.471 e. The highest BCUT2D eigenvalue weighted by molar-refractivity contribution is 6.30. The molecule has 0 saturated heterocycles. The van der Waals surface area contributed by atoms with Gasteiger partial charge < -0.3 is 14.7 Å². The fourth-order valence-corrected chi connectivity index (χ4v) is 2.51. The number of amides is 1. The lowest BCUT2D eigenvalue weighted by Crippen LogP contribution is -2.33. The van der Waals surface area contributed by atoms with Crippen molar-refractivity contribution in [3.05, 3.63) is 70.6 Å². The van der Waals surface area contributed by atoms with Crippen molar-refractivity contribution in [1.29, 1.82) is 0 Å². The molecule has 1 unspecified atom stereocenters.